The van der Waals surface area contributed by atoms with Gasteiger partial charge in [-0.1, -0.05) is 17.7 Å². The van der Waals surface area contributed by atoms with Crippen LogP contribution in [0.15, 0.2) is 42.5 Å². The van der Waals surface area contributed by atoms with E-state index in [0.717, 1.165) is 21.7 Å². The Bertz CT molecular complexity index is 929. The van der Waals surface area contributed by atoms with Crippen LogP contribution in [-0.4, -0.2) is 27.1 Å². The number of rotatable bonds is 5. The number of hydrogen-bond acceptors (Lipinski definition) is 4. The molecule has 25 heavy (non-hydrogen) atoms. The van der Waals surface area contributed by atoms with Crippen molar-refractivity contribution in [2.75, 3.05) is 22.4 Å². The van der Waals surface area contributed by atoms with Crippen LogP contribution < -0.4 is 9.62 Å². The summed E-state index contributed by atoms with van der Waals surface area (Å²) in [6.45, 7) is 3.39. The van der Waals surface area contributed by atoms with E-state index in [4.69, 9.17) is 5.26 Å². The Balaban J connectivity index is 2.22. The molecule has 0 radical (unpaired) electrons. The molecule has 0 aliphatic rings. The third-order valence-corrected chi connectivity index (χ3v) is 4.73. The van der Waals surface area contributed by atoms with E-state index in [1.54, 1.807) is 43.3 Å². The summed E-state index contributed by atoms with van der Waals surface area (Å²) in [6, 6.07) is 13.7. The molecule has 2 aromatic rings. The highest BCUT2D eigenvalue weighted by atomic mass is 32.2. The maximum atomic E-state index is 12.3. The van der Waals surface area contributed by atoms with Crippen molar-refractivity contribution in [2.24, 2.45) is 0 Å². The van der Waals surface area contributed by atoms with Crippen molar-refractivity contribution in [3.63, 3.8) is 0 Å². The van der Waals surface area contributed by atoms with Gasteiger partial charge in [-0.25, -0.2) is 8.42 Å². The molecule has 1 N–H and O–H groups in total. The van der Waals surface area contributed by atoms with Crippen LogP contribution >= 0.6 is 0 Å². The molecule has 0 saturated heterocycles. The Kier molecular flexibility index (Phi) is 5.45. The molecular weight excluding hydrogens is 338 g/mol. The van der Waals surface area contributed by atoms with E-state index in [1.807, 2.05) is 19.1 Å². The van der Waals surface area contributed by atoms with Gasteiger partial charge in [0.15, 0.2) is 0 Å². The molecule has 1 amide bonds. The lowest BCUT2D eigenvalue weighted by Gasteiger charge is -2.24. The predicted molar refractivity (Wildman–Crippen MR) is 97.9 cm³/mol. The number of nitriles is 1. The highest BCUT2D eigenvalue weighted by Gasteiger charge is 2.22. The number of amides is 1. The van der Waals surface area contributed by atoms with Crippen molar-refractivity contribution < 1.29 is 13.2 Å². The summed E-state index contributed by atoms with van der Waals surface area (Å²) in [6.07, 6.45) is 1.07. The van der Waals surface area contributed by atoms with Gasteiger partial charge in [0, 0.05) is 5.69 Å². The number of benzene rings is 2. The summed E-state index contributed by atoms with van der Waals surface area (Å²) in [7, 11) is -3.62. The lowest BCUT2D eigenvalue weighted by atomic mass is 10.1. The van der Waals surface area contributed by atoms with E-state index in [-0.39, 0.29) is 6.54 Å². The van der Waals surface area contributed by atoms with Gasteiger partial charge < -0.3 is 5.32 Å². The van der Waals surface area contributed by atoms with Gasteiger partial charge in [0.05, 0.1) is 23.6 Å². The first-order chi connectivity index (χ1) is 11.7. The van der Waals surface area contributed by atoms with Crippen LogP contribution in [0.4, 0.5) is 11.4 Å². The monoisotopic (exact) mass is 357 g/mol. The molecule has 130 valence electrons. The Morgan fingerprint density at radius 3 is 2.32 bits per heavy atom. The molecule has 0 unspecified atom stereocenters. The summed E-state index contributed by atoms with van der Waals surface area (Å²) in [5, 5.41) is 11.4. The van der Waals surface area contributed by atoms with Crippen LogP contribution in [0.5, 0.6) is 0 Å². The van der Waals surface area contributed by atoms with Crippen molar-refractivity contribution in [1.29, 1.82) is 5.26 Å². The van der Waals surface area contributed by atoms with E-state index in [2.05, 4.69) is 5.32 Å². The SMILES string of the molecule is Cc1ccc(N(CC(=O)Nc2ccc(C#N)cc2)S(C)(=O)=O)c(C)c1. The minimum Gasteiger partial charge on any atom is -0.325 e. The number of nitrogens with zero attached hydrogens (tertiary/aromatic N) is 2. The average molecular weight is 357 g/mol. The smallest absolute Gasteiger partial charge is 0.245 e. The lowest BCUT2D eigenvalue weighted by molar-refractivity contribution is -0.114. The summed E-state index contributed by atoms with van der Waals surface area (Å²) in [4.78, 5) is 12.3. The summed E-state index contributed by atoms with van der Waals surface area (Å²) in [5.74, 6) is -0.463. The normalized spacial score (nSPS) is 10.8. The summed E-state index contributed by atoms with van der Waals surface area (Å²) >= 11 is 0. The minimum absolute atomic E-state index is 0.331. The number of carbonyl (C=O) groups excluding carboxylic acids is 1. The van der Waals surface area contributed by atoms with Gasteiger partial charge in [-0.2, -0.15) is 5.26 Å². The third-order valence-electron chi connectivity index (χ3n) is 3.61. The number of aryl methyl sites for hydroxylation is 2. The average Bonchev–Trinajstić information content (AvgIpc) is 2.53. The fraction of sp³-hybridized carbons (Fsp3) is 0.222. The Hall–Kier alpha value is -2.85. The van der Waals surface area contributed by atoms with Gasteiger partial charge in [0.25, 0.3) is 0 Å². The first kappa shape index (κ1) is 18.5. The fourth-order valence-corrected chi connectivity index (χ4v) is 3.34. The first-order valence-corrected chi connectivity index (χ1v) is 9.40. The zero-order valence-corrected chi connectivity index (χ0v) is 15.1. The highest BCUT2D eigenvalue weighted by molar-refractivity contribution is 7.92. The maximum Gasteiger partial charge on any atom is 0.245 e. The van der Waals surface area contributed by atoms with Gasteiger partial charge in [-0.3, -0.25) is 9.10 Å². The summed E-state index contributed by atoms with van der Waals surface area (Å²) < 4.78 is 25.4. The largest absolute Gasteiger partial charge is 0.325 e. The van der Waals surface area contributed by atoms with Gasteiger partial charge >= 0.3 is 0 Å². The van der Waals surface area contributed by atoms with Crippen molar-refractivity contribution >= 4 is 27.3 Å². The first-order valence-electron chi connectivity index (χ1n) is 7.55. The number of hydrogen-bond donors (Lipinski definition) is 1. The Labute approximate surface area is 147 Å². The zero-order valence-electron chi connectivity index (χ0n) is 14.3. The highest BCUT2D eigenvalue weighted by Crippen LogP contribution is 2.23. The van der Waals surface area contributed by atoms with Crippen molar-refractivity contribution in [1.82, 2.24) is 0 Å². The molecule has 0 fully saturated rings. The van der Waals surface area contributed by atoms with Gasteiger partial charge in [0.1, 0.15) is 6.54 Å². The maximum absolute atomic E-state index is 12.3. The van der Waals surface area contributed by atoms with Crippen LogP contribution in [0.1, 0.15) is 16.7 Å². The minimum atomic E-state index is -3.62. The second-order valence-electron chi connectivity index (χ2n) is 5.80. The van der Waals surface area contributed by atoms with E-state index in [0.29, 0.717) is 16.9 Å². The van der Waals surface area contributed by atoms with Crippen LogP contribution in [0, 0.1) is 25.2 Å². The molecule has 2 rings (SSSR count). The number of anilines is 2. The molecule has 0 aliphatic carbocycles. The molecule has 6 nitrogen and oxygen atoms in total. The number of carbonyl (C=O) groups is 1. The quantitative estimate of drug-likeness (QED) is 0.890. The van der Waals surface area contributed by atoms with Crippen LogP contribution in [-0.2, 0) is 14.8 Å². The third kappa shape index (κ3) is 4.81. The van der Waals surface area contributed by atoms with Crippen molar-refractivity contribution in [2.45, 2.75) is 13.8 Å². The van der Waals surface area contributed by atoms with E-state index < -0.39 is 15.9 Å². The second-order valence-corrected chi connectivity index (χ2v) is 7.70. The van der Waals surface area contributed by atoms with Crippen molar-refractivity contribution in [3.8, 4) is 6.07 Å². The summed E-state index contributed by atoms with van der Waals surface area (Å²) in [5.41, 5.74) is 3.24. The van der Waals surface area contributed by atoms with Gasteiger partial charge in [-0.15, -0.1) is 0 Å². The Morgan fingerprint density at radius 2 is 1.80 bits per heavy atom. The van der Waals surface area contributed by atoms with Crippen molar-refractivity contribution in [3.05, 3.63) is 59.2 Å². The van der Waals surface area contributed by atoms with Gasteiger partial charge in [-0.05, 0) is 49.7 Å². The number of sulfonamides is 1. The van der Waals surface area contributed by atoms with E-state index >= 15 is 0 Å². The van der Waals surface area contributed by atoms with E-state index in [9.17, 15) is 13.2 Å². The van der Waals surface area contributed by atoms with Crippen LogP contribution in [0.2, 0.25) is 0 Å². The molecule has 0 saturated carbocycles. The van der Waals surface area contributed by atoms with Crippen LogP contribution in [0.25, 0.3) is 0 Å². The zero-order chi connectivity index (χ0) is 18.6. The molecule has 0 spiro atoms. The van der Waals surface area contributed by atoms with E-state index in [1.165, 1.54) is 0 Å². The molecule has 0 aromatic heterocycles. The number of nitrogens with one attached hydrogen (secondary N) is 1. The topological polar surface area (TPSA) is 90.3 Å². The molecule has 2 aromatic carbocycles. The molecule has 0 bridgehead atoms. The molecule has 0 heterocycles. The Morgan fingerprint density at radius 1 is 1.16 bits per heavy atom. The molecule has 0 aliphatic heterocycles. The lowest BCUT2D eigenvalue weighted by Crippen LogP contribution is -2.37. The fourth-order valence-electron chi connectivity index (χ4n) is 2.43. The second kappa shape index (κ2) is 7.36. The molecule has 7 heteroatoms. The predicted octanol–water partition coefficient (Wildman–Crippen LogP) is 2.58. The van der Waals surface area contributed by atoms with Crippen LogP contribution in [0.3, 0.4) is 0 Å². The van der Waals surface area contributed by atoms with Gasteiger partial charge in [0.2, 0.25) is 15.9 Å². The standard InChI is InChI=1S/C18H19N3O3S/c1-13-4-9-17(14(2)10-13)21(25(3,23)24)12-18(22)20-16-7-5-15(11-19)6-8-16/h4-10H,12H2,1-3H3,(H,20,22). The molecular formula is C18H19N3O3S. The molecule has 0 atom stereocenters.